The number of carbonyl (C=O) groups excluding carboxylic acids is 2. The van der Waals surface area contributed by atoms with E-state index in [0.29, 0.717) is 25.5 Å². The maximum atomic E-state index is 13.7. The van der Waals surface area contributed by atoms with E-state index in [1.165, 1.54) is 4.90 Å². The summed E-state index contributed by atoms with van der Waals surface area (Å²) in [5, 5.41) is 2.49. The molecule has 0 aliphatic carbocycles. The van der Waals surface area contributed by atoms with Crippen molar-refractivity contribution in [1.29, 1.82) is 0 Å². The Morgan fingerprint density at radius 1 is 1.33 bits per heavy atom. The van der Waals surface area contributed by atoms with Crippen LogP contribution in [0.4, 0.5) is 22.4 Å². The highest BCUT2D eigenvalue weighted by molar-refractivity contribution is 5.80. The van der Waals surface area contributed by atoms with Crippen molar-refractivity contribution in [2.24, 2.45) is 11.7 Å². The van der Waals surface area contributed by atoms with Crippen LogP contribution < -0.4 is 11.1 Å². The molecule has 132 valence electrons. The van der Waals surface area contributed by atoms with E-state index in [1.807, 2.05) is 0 Å². The van der Waals surface area contributed by atoms with E-state index >= 15 is 0 Å². The standard InChI is InChI=1S/C15H17F4N3O2/c16-12-6-11(15(17,18)19)4-3-9(12)7-21-13(23)10-2-1-5-22(8-10)14(20)24/h3-4,6,10H,1-2,5,7-8H2,(H2,20,24)(H,21,23). The highest BCUT2D eigenvalue weighted by atomic mass is 19.4. The van der Waals surface area contributed by atoms with E-state index in [4.69, 9.17) is 5.73 Å². The van der Waals surface area contributed by atoms with Crippen molar-refractivity contribution in [2.75, 3.05) is 13.1 Å². The van der Waals surface area contributed by atoms with Crippen molar-refractivity contribution in [3.05, 3.63) is 35.1 Å². The van der Waals surface area contributed by atoms with E-state index in [-0.39, 0.29) is 24.6 Å². The Morgan fingerprint density at radius 3 is 2.62 bits per heavy atom. The number of urea groups is 1. The van der Waals surface area contributed by atoms with Crippen LogP contribution >= 0.6 is 0 Å². The van der Waals surface area contributed by atoms with Crippen LogP contribution in [0.3, 0.4) is 0 Å². The summed E-state index contributed by atoms with van der Waals surface area (Å²) in [4.78, 5) is 24.6. The molecule has 0 saturated carbocycles. The molecular weight excluding hydrogens is 330 g/mol. The van der Waals surface area contributed by atoms with Crippen molar-refractivity contribution in [3.8, 4) is 0 Å². The number of carbonyl (C=O) groups is 2. The van der Waals surface area contributed by atoms with Crippen molar-refractivity contribution in [2.45, 2.75) is 25.6 Å². The zero-order chi connectivity index (χ0) is 17.9. The summed E-state index contributed by atoms with van der Waals surface area (Å²) in [6.45, 7) is 0.430. The number of hydrogen-bond acceptors (Lipinski definition) is 2. The van der Waals surface area contributed by atoms with Gasteiger partial charge in [-0.3, -0.25) is 4.79 Å². The third-order valence-electron chi connectivity index (χ3n) is 3.94. The summed E-state index contributed by atoms with van der Waals surface area (Å²) in [5.41, 5.74) is 4.05. The molecule has 0 spiro atoms. The molecule has 5 nitrogen and oxygen atoms in total. The number of alkyl halides is 3. The summed E-state index contributed by atoms with van der Waals surface area (Å²) in [6.07, 6.45) is -3.44. The number of hydrogen-bond donors (Lipinski definition) is 2. The smallest absolute Gasteiger partial charge is 0.352 e. The zero-order valence-corrected chi connectivity index (χ0v) is 12.7. The molecule has 3 N–H and O–H groups in total. The lowest BCUT2D eigenvalue weighted by atomic mass is 9.97. The molecule has 1 atom stereocenters. The molecule has 1 fully saturated rings. The zero-order valence-electron chi connectivity index (χ0n) is 12.7. The molecular formula is C15H17F4N3O2. The first-order chi connectivity index (χ1) is 11.2. The molecule has 0 aromatic heterocycles. The molecule has 24 heavy (non-hydrogen) atoms. The minimum absolute atomic E-state index is 0.0427. The summed E-state index contributed by atoms with van der Waals surface area (Å²) in [6, 6.07) is 1.55. The summed E-state index contributed by atoms with van der Waals surface area (Å²) in [7, 11) is 0. The summed E-state index contributed by atoms with van der Waals surface area (Å²) >= 11 is 0. The number of nitrogens with two attached hydrogens (primary N) is 1. The van der Waals surface area contributed by atoms with Crippen LogP contribution in [0.15, 0.2) is 18.2 Å². The van der Waals surface area contributed by atoms with Crippen LogP contribution in [-0.4, -0.2) is 29.9 Å². The van der Waals surface area contributed by atoms with Gasteiger partial charge >= 0.3 is 12.2 Å². The van der Waals surface area contributed by atoms with Crippen LogP contribution in [0.1, 0.15) is 24.0 Å². The molecule has 3 amide bonds. The minimum Gasteiger partial charge on any atom is -0.352 e. The van der Waals surface area contributed by atoms with E-state index in [0.717, 1.165) is 12.1 Å². The van der Waals surface area contributed by atoms with Crippen LogP contribution in [-0.2, 0) is 17.5 Å². The van der Waals surface area contributed by atoms with Gasteiger partial charge in [0.15, 0.2) is 0 Å². The highest BCUT2D eigenvalue weighted by Crippen LogP contribution is 2.30. The molecule has 9 heteroatoms. The Labute approximate surface area is 135 Å². The summed E-state index contributed by atoms with van der Waals surface area (Å²) < 4.78 is 51.2. The monoisotopic (exact) mass is 347 g/mol. The van der Waals surface area contributed by atoms with Gasteiger partial charge < -0.3 is 16.0 Å². The van der Waals surface area contributed by atoms with Gasteiger partial charge in [0.2, 0.25) is 5.91 Å². The van der Waals surface area contributed by atoms with E-state index in [1.54, 1.807) is 0 Å². The maximum absolute atomic E-state index is 13.7. The molecule has 1 aromatic rings. The lowest BCUT2D eigenvalue weighted by Gasteiger charge is -2.30. The van der Waals surface area contributed by atoms with Gasteiger partial charge in [-0.25, -0.2) is 9.18 Å². The molecule has 1 unspecified atom stereocenters. The average molecular weight is 347 g/mol. The molecule has 1 aliphatic heterocycles. The molecule has 1 aromatic carbocycles. The topological polar surface area (TPSA) is 75.4 Å². The molecule has 1 saturated heterocycles. The minimum atomic E-state index is -4.62. The third-order valence-corrected chi connectivity index (χ3v) is 3.94. The van der Waals surface area contributed by atoms with Crippen molar-refractivity contribution >= 4 is 11.9 Å². The fourth-order valence-electron chi connectivity index (χ4n) is 2.59. The fraction of sp³-hybridized carbons (Fsp3) is 0.467. The van der Waals surface area contributed by atoms with Gasteiger partial charge in [0.05, 0.1) is 11.5 Å². The van der Waals surface area contributed by atoms with Gasteiger partial charge in [-0.15, -0.1) is 0 Å². The van der Waals surface area contributed by atoms with Crippen molar-refractivity contribution in [1.82, 2.24) is 10.2 Å². The molecule has 0 bridgehead atoms. The number of benzene rings is 1. The van der Waals surface area contributed by atoms with Crippen LogP contribution in [0.2, 0.25) is 0 Å². The number of nitrogens with one attached hydrogen (secondary N) is 1. The largest absolute Gasteiger partial charge is 0.416 e. The number of halogens is 4. The van der Waals surface area contributed by atoms with Gasteiger partial charge in [-0.05, 0) is 25.0 Å². The van der Waals surface area contributed by atoms with Gasteiger partial charge in [0.1, 0.15) is 5.82 Å². The number of piperidine rings is 1. The van der Waals surface area contributed by atoms with Crippen LogP contribution in [0.5, 0.6) is 0 Å². The first-order valence-corrected chi connectivity index (χ1v) is 7.36. The van der Waals surface area contributed by atoms with E-state index < -0.39 is 29.5 Å². The number of rotatable bonds is 3. The number of likely N-dealkylation sites (tertiary alicyclic amines) is 1. The van der Waals surface area contributed by atoms with E-state index in [2.05, 4.69) is 5.32 Å². The predicted molar refractivity (Wildman–Crippen MR) is 77.1 cm³/mol. The Hall–Kier alpha value is -2.32. The normalized spacial score (nSPS) is 18.3. The molecule has 1 heterocycles. The second kappa shape index (κ2) is 7.06. The molecule has 0 radical (unpaired) electrons. The van der Waals surface area contributed by atoms with Crippen LogP contribution in [0, 0.1) is 11.7 Å². The molecule has 2 rings (SSSR count). The summed E-state index contributed by atoms with van der Waals surface area (Å²) in [5.74, 6) is -1.89. The molecule has 1 aliphatic rings. The fourth-order valence-corrected chi connectivity index (χ4v) is 2.59. The highest BCUT2D eigenvalue weighted by Gasteiger charge is 2.31. The van der Waals surface area contributed by atoms with E-state index in [9.17, 15) is 27.2 Å². The first-order valence-electron chi connectivity index (χ1n) is 7.36. The number of amides is 3. The van der Waals surface area contributed by atoms with Gasteiger partial charge in [0.25, 0.3) is 0 Å². The Balaban J connectivity index is 1.95. The Morgan fingerprint density at radius 2 is 2.04 bits per heavy atom. The predicted octanol–water partition coefficient (Wildman–Crippen LogP) is 2.25. The average Bonchev–Trinajstić information content (AvgIpc) is 2.52. The lowest BCUT2D eigenvalue weighted by Crippen LogP contribution is -2.47. The van der Waals surface area contributed by atoms with Crippen molar-refractivity contribution in [3.63, 3.8) is 0 Å². The first kappa shape index (κ1) is 18.0. The number of primary amides is 1. The van der Waals surface area contributed by atoms with Gasteiger partial charge in [-0.1, -0.05) is 6.07 Å². The second-order valence-electron chi connectivity index (χ2n) is 5.65. The Bertz CT molecular complexity index is 634. The Kier molecular flexibility index (Phi) is 5.30. The SMILES string of the molecule is NC(=O)N1CCCC(C(=O)NCc2ccc(C(F)(F)F)cc2F)C1. The third kappa shape index (κ3) is 4.36. The quantitative estimate of drug-likeness (QED) is 0.823. The maximum Gasteiger partial charge on any atom is 0.416 e. The van der Waals surface area contributed by atoms with Crippen molar-refractivity contribution < 1.29 is 27.2 Å². The van der Waals surface area contributed by atoms with Crippen LogP contribution in [0.25, 0.3) is 0 Å². The van der Waals surface area contributed by atoms with Gasteiger partial charge in [-0.2, -0.15) is 13.2 Å². The van der Waals surface area contributed by atoms with Gasteiger partial charge in [0, 0.05) is 25.2 Å². The second-order valence-corrected chi connectivity index (χ2v) is 5.65. The number of nitrogens with zero attached hydrogens (tertiary/aromatic N) is 1. The lowest BCUT2D eigenvalue weighted by molar-refractivity contribution is -0.137.